The van der Waals surface area contributed by atoms with Crippen molar-refractivity contribution in [1.82, 2.24) is 10.6 Å². The van der Waals surface area contributed by atoms with Crippen LogP contribution in [0.25, 0.3) is 0 Å². The van der Waals surface area contributed by atoms with Gasteiger partial charge in [0.25, 0.3) is 0 Å². The fraction of sp³-hybridized carbons (Fsp3) is 0.846. The van der Waals surface area contributed by atoms with E-state index in [2.05, 4.69) is 72.1 Å². The lowest BCUT2D eigenvalue weighted by Gasteiger charge is -2.10. The Hall–Kier alpha value is -2.52. The summed E-state index contributed by atoms with van der Waals surface area (Å²) in [4.78, 5) is 17.5. The van der Waals surface area contributed by atoms with Gasteiger partial charge in [0.05, 0.1) is 12.1 Å². The fourth-order valence-corrected chi connectivity index (χ4v) is 3.63. The Labute approximate surface area is 220 Å². The minimum absolute atomic E-state index is 0.169. The quantitative estimate of drug-likeness (QED) is 0.0995. The van der Waals surface area contributed by atoms with Crippen LogP contribution in [0, 0.1) is 11.8 Å². The highest BCUT2D eigenvalue weighted by molar-refractivity contribution is 5.97. The van der Waals surface area contributed by atoms with Crippen LogP contribution in [0.5, 0.6) is 0 Å². The standard InChI is InChI=1S/C26H56N10/c1-19(2)13-11-15-21(5)33-25(29)35-23(27)31-17-9-7-8-10-18-32-24(28)36-26(30)34-22(6)16-12-14-20(3)4/h19-22H,7-18H2,1-6H3,(H5,27,29,31,33,35)(H5,28,30,32,34,36). The third-order valence-corrected chi connectivity index (χ3v) is 5.67. The number of nitrogens with two attached hydrogens (primary N) is 4. The molecule has 10 N–H and O–H groups in total. The van der Waals surface area contributed by atoms with E-state index in [4.69, 9.17) is 22.9 Å². The Balaban J connectivity index is 4.01. The Bertz CT molecular complexity index is 624. The molecular formula is C26H56N10. The van der Waals surface area contributed by atoms with E-state index in [1.807, 2.05) is 0 Å². The average molecular weight is 509 g/mol. The lowest BCUT2D eigenvalue weighted by molar-refractivity contribution is 0.511. The maximum Gasteiger partial charge on any atom is 0.195 e. The summed E-state index contributed by atoms with van der Waals surface area (Å²) in [6.07, 6.45) is 10.7. The van der Waals surface area contributed by atoms with E-state index in [9.17, 15) is 0 Å². The zero-order valence-corrected chi connectivity index (χ0v) is 23.9. The van der Waals surface area contributed by atoms with Crippen molar-refractivity contribution in [2.75, 3.05) is 13.1 Å². The third-order valence-electron chi connectivity index (χ3n) is 5.67. The fourth-order valence-electron chi connectivity index (χ4n) is 3.63. The molecular weight excluding hydrogens is 452 g/mol. The molecule has 0 rings (SSSR count). The van der Waals surface area contributed by atoms with Crippen molar-refractivity contribution in [1.29, 1.82) is 0 Å². The molecule has 36 heavy (non-hydrogen) atoms. The molecule has 10 nitrogen and oxygen atoms in total. The summed E-state index contributed by atoms with van der Waals surface area (Å²) in [6.45, 7) is 14.3. The molecule has 2 atom stereocenters. The van der Waals surface area contributed by atoms with Gasteiger partial charge in [-0.15, -0.1) is 0 Å². The molecule has 210 valence electrons. The number of aliphatic imine (C=N–C) groups is 4. The molecule has 0 aliphatic heterocycles. The number of rotatable bonds is 17. The van der Waals surface area contributed by atoms with Gasteiger partial charge in [0.2, 0.25) is 0 Å². The first-order valence-corrected chi connectivity index (χ1v) is 13.8. The molecule has 0 bridgehead atoms. The molecule has 0 aromatic rings. The molecule has 10 heteroatoms. The monoisotopic (exact) mass is 508 g/mol. The van der Waals surface area contributed by atoms with Gasteiger partial charge in [-0.25, -0.2) is 0 Å². The van der Waals surface area contributed by atoms with Gasteiger partial charge in [0.1, 0.15) is 0 Å². The van der Waals surface area contributed by atoms with Crippen LogP contribution < -0.4 is 33.6 Å². The third kappa shape index (κ3) is 22.0. The molecule has 0 aliphatic rings. The van der Waals surface area contributed by atoms with E-state index in [1.54, 1.807) is 0 Å². The lowest BCUT2D eigenvalue weighted by atomic mass is 10.0. The number of guanidine groups is 4. The summed E-state index contributed by atoms with van der Waals surface area (Å²) in [5.41, 5.74) is 23.7. The zero-order valence-electron chi connectivity index (χ0n) is 23.9. The number of unbranched alkanes of at least 4 members (excludes halogenated alkanes) is 3. The maximum absolute atomic E-state index is 5.93. The van der Waals surface area contributed by atoms with E-state index >= 15 is 0 Å². The van der Waals surface area contributed by atoms with E-state index < -0.39 is 0 Å². The van der Waals surface area contributed by atoms with Gasteiger partial charge in [-0.1, -0.05) is 66.2 Å². The minimum atomic E-state index is 0.169. The first-order chi connectivity index (χ1) is 17.0. The van der Waals surface area contributed by atoms with Gasteiger partial charge >= 0.3 is 0 Å². The molecule has 0 aromatic heterocycles. The minimum Gasteiger partial charge on any atom is -0.370 e. The highest BCUT2D eigenvalue weighted by atomic mass is 15.2. The van der Waals surface area contributed by atoms with Gasteiger partial charge in [-0.2, -0.15) is 0 Å². The van der Waals surface area contributed by atoms with Crippen molar-refractivity contribution in [3.8, 4) is 0 Å². The predicted octanol–water partition coefficient (Wildman–Crippen LogP) is 3.41. The topological polar surface area (TPSA) is 178 Å². The number of hydrogen-bond acceptors (Lipinski definition) is 4. The van der Waals surface area contributed by atoms with E-state index in [0.717, 1.165) is 51.4 Å². The van der Waals surface area contributed by atoms with Crippen LogP contribution in [0.4, 0.5) is 0 Å². The second-order valence-corrected chi connectivity index (χ2v) is 10.6. The Kier molecular flexibility index (Phi) is 19.2. The van der Waals surface area contributed by atoms with Crippen LogP contribution >= 0.6 is 0 Å². The van der Waals surface area contributed by atoms with Crippen molar-refractivity contribution in [3.05, 3.63) is 0 Å². The smallest absolute Gasteiger partial charge is 0.195 e. The van der Waals surface area contributed by atoms with Crippen LogP contribution in [0.15, 0.2) is 20.0 Å². The van der Waals surface area contributed by atoms with Gasteiger partial charge in [0.15, 0.2) is 23.8 Å². The highest BCUT2D eigenvalue weighted by Gasteiger charge is 2.04. The first-order valence-electron chi connectivity index (χ1n) is 13.8. The number of hydrogen-bond donors (Lipinski definition) is 6. The Morgan fingerprint density at radius 1 is 0.500 bits per heavy atom. The average Bonchev–Trinajstić information content (AvgIpc) is 2.74. The summed E-state index contributed by atoms with van der Waals surface area (Å²) in [5, 5.41) is 5.74. The largest absolute Gasteiger partial charge is 0.370 e. The van der Waals surface area contributed by atoms with Crippen LogP contribution in [-0.4, -0.2) is 49.0 Å². The van der Waals surface area contributed by atoms with E-state index in [-0.39, 0.29) is 12.1 Å². The molecule has 0 aromatic carbocycles. The van der Waals surface area contributed by atoms with Gasteiger partial charge < -0.3 is 22.9 Å². The zero-order chi connectivity index (χ0) is 27.3. The van der Waals surface area contributed by atoms with Gasteiger partial charge in [-0.3, -0.25) is 30.6 Å². The Morgan fingerprint density at radius 3 is 1.19 bits per heavy atom. The summed E-state index contributed by atoms with van der Waals surface area (Å²) in [7, 11) is 0. The molecule has 0 amide bonds. The van der Waals surface area contributed by atoms with Crippen LogP contribution in [0.1, 0.15) is 106 Å². The second-order valence-electron chi connectivity index (χ2n) is 10.6. The highest BCUT2D eigenvalue weighted by Crippen LogP contribution is 2.10. The normalized spacial score (nSPS) is 15.4. The Morgan fingerprint density at radius 2 is 0.861 bits per heavy atom. The SMILES string of the molecule is CC(C)CCCC(C)/N=C(/N)N/C(N)=N\CCCCCC/N=C(\N)N/C(N)=N\C(C)CCCC(C)C. The molecule has 0 saturated heterocycles. The molecule has 0 spiro atoms. The molecule has 2 unspecified atom stereocenters. The van der Waals surface area contributed by atoms with Crippen molar-refractivity contribution in [3.63, 3.8) is 0 Å². The summed E-state index contributed by atoms with van der Waals surface area (Å²) >= 11 is 0. The second kappa shape index (κ2) is 20.7. The van der Waals surface area contributed by atoms with Gasteiger partial charge in [-0.05, 0) is 51.4 Å². The maximum atomic E-state index is 5.93. The number of nitrogens with one attached hydrogen (secondary N) is 2. The van der Waals surface area contributed by atoms with E-state index in [1.165, 1.54) is 12.8 Å². The lowest BCUT2D eigenvalue weighted by Crippen LogP contribution is -2.42. The molecule has 0 saturated carbocycles. The first kappa shape index (κ1) is 33.5. The molecule has 0 fully saturated rings. The van der Waals surface area contributed by atoms with Crippen molar-refractivity contribution in [2.24, 2.45) is 54.7 Å². The van der Waals surface area contributed by atoms with Crippen LogP contribution in [-0.2, 0) is 0 Å². The van der Waals surface area contributed by atoms with Gasteiger partial charge in [0, 0.05) is 13.1 Å². The van der Waals surface area contributed by atoms with Crippen molar-refractivity contribution >= 4 is 23.8 Å². The molecule has 0 heterocycles. The number of nitrogens with zero attached hydrogens (tertiary/aromatic N) is 4. The molecule has 0 aliphatic carbocycles. The summed E-state index contributed by atoms with van der Waals surface area (Å²) < 4.78 is 0. The summed E-state index contributed by atoms with van der Waals surface area (Å²) in [5.74, 6) is 2.69. The van der Waals surface area contributed by atoms with Crippen molar-refractivity contribution in [2.45, 2.75) is 118 Å². The van der Waals surface area contributed by atoms with Crippen LogP contribution in [0.2, 0.25) is 0 Å². The van der Waals surface area contributed by atoms with Crippen LogP contribution in [0.3, 0.4) is 0 Å². The van der Waals surface area contributed by atoms with Crippen molar-refractivity contribution < 1.29 is 0 Å². The van der Waals surface area contributed by atoms with E-state index in [0.29, 0.717) is 48.8 Å². The molecule has 0 radical (unpaired) electrons. The predicted molar refractivity (Wildman–Crippen MR) is 157 cm³/mol. The summed E-state index contributed by atoms with van der Waals surface area (Å²) in [6, 6.07) is 0.339.